The summed E-state index contributed by atoms with van der Waals surface area (Å²) in [4.78, 5) is 21.4. The Bertz CT molecular complexity index is 458. The molecule has 0 bridgehead atoms. The lowest BCUT2D eigenvalue weighted by Gasteiger charge is -2.14. The predicted octanol–water partition coefficient (Wildman–Crippen LogP) is 2.70. The Balaban J connectivity index is 2.90. The molecule has 0 aromatic heterocycles. The van der Waals surface area contributed by atoms with E-state index in [1.807, 2.05) is 6.92 Å². The van der Waals surface area contributed by atoms with Crippen molar-refractivity contribution in [1.29, 1.82) is 0 Å². The van der Waals surface area contributed by atoms with Gasteiger partial charge >= 0.3 is 5.97 Å². The van der Waals surface area contributed by atoms with Gasteiger partial charge in [-0.15, -0.1) is 0 Å². The molecule has 0 heterocycles. The molecule has 1 aromatic carbocycles. The average molecular weight is 253 g/mol. The molecule has 6 heteroatoms. The van der Waals surface area contributed by atoms with Crippen molar-refractivity contribution in [2.24, 2.45) is 0 Å². The zero-order chi connectivity index (χ0) is 13.7. The van der Waals surface area contributed by atoms with Gasteiger partial charge in [-0.25, -0.2) is 0 Å². The molecule has 0 amide bonds. The summed E-state index contributed by atoms with van der Waals surface area (Å²) < 4.78 is 5.07. The number of non-ortho nitro benzene ring substituents is 1. The molecule has 0 radical (unpaired) electrons. The molecular weight excluding hydrogens is 238 g/mol. The second-order valence-electron chi connectivity index (χ2n) is 3.88. The Hall–Kier alpha value is -2.11. The van der Waals surface area contributed by atoms with Crippen molar-refractivity contribution in [3.05, 3.63) is 33.9 Å². The second-order valence-corrected chi connectivity index (χ2v) is 3.88. The van der Waals surface area contributed by atoms with E-state index >= 15 is 0 Å². The zero-order valence-corrected chi connectivity index (χ0v) is 10.3. The van der Waals surface area contributed by atoms with Crippen molar-refractivity contribution in [3.63, 3.8) is 0 Å². The maximum absolute atomic E-state index is 11.3. The molecule has 18 heavy (non-hydrogen) atoms. The van der Waals surface area contributed by atoms with Gasteiger partial charge in [0.05, 0.1) is 4.92 Å². The number of ether oxygens (including phenoxy) is 1. The summed E-state index contributed by atoms with van der Waals surface area (Å²) >= 11 is 0. The van der Waals surface area contributed by atoms with E-state index in [2.05, 4.69) is 0 Å². The van der Waals surface area contributed by atoms with Crippen LogP contribution in [0.25, 0.3) is 0 Å². The van der Waals surface area contributed by atoms with E-state index < -0.39 is 17.0 Å². The highest BCUT2D eigenvalue weighted by Crippen LogP contribution is 2.30. The van der Waals surface area contributed by atoms with Gasteiger partial charge in [-0.3, -0.25) is 14.9 Å². The van der Waals surface area contributed by atoms with E-state index in [1.54, 1.807) is 6.92 Å². The number of benzene rings is 1. The molecule has 1 rings (SSSR count). The van der Waals surface area contributed by atoms with Crippen LogP contribution in [0.4, 0.5) is 5.69 Å². The quantitative estimate of drug-likeness (QED) is 0.495. The van der Waals surface area contributed by atoms with Gasteiger partial charge in [0, 0.05) is 24.1 Å². The average Bonchev–Trinajstić information content (AvgIpc) is 2.29. The molecule has 0 aliphatic carbocycles. The standard InChI is InChI=1S/C12H15NO5/c1-3-4-12(15)18-8(2)10-7-9(13(16)17)5-6-11(10)14/h5-8,14H,3-4H2,1-2H3. The topological polar surface area (TPSA) is 89.7 Å². The van der Waals surface area contributed by atoms with Crippen LogP contribution in [0.3, 0.4) is 0 Å². The third kappa shape index (κ3) is 3.44. The predicted molar refractivity (Wildman–Crippen MR) is 64.2 cm³/mol. The van der Waals surface area contributed by atoms with Crippen LogP contribution in [0.1, 0.15) is 38.4 Å². The van der Waals surface area contributed by atoms with Crippen LogP contribution in [0.5, 0.6) is 5.75 Å². The van der Waals surface area contributed by atoms with Gasteiger partial charge in [0.2, 0.25) is 0 Å². The maximum Gasteiger partial charge on any atom is 0.306 e. The smallest absolute Gasteiger partial charge is 0.306 e. The van der Waals surface area contributed by atoms with Crippen LogP contribution in [-0.2, 0) is 9.53 Å². The minimum absolute atomic E-state index is 0.127. The van der Waals surface area contributed by atoms with Crippen molar-refractivity contribution >= 4 is 11.7 Å². The number of nitro groups is 1. The third-order valence-electron chi connectivity index (χ3n) is 2.42. The number of hydrogen-bond acceptors (Lipinski definition) is 5. The van der Waals surface area contributed by atoms with E-state index in [9.17, 15) is 20.0 Å². The van der Waals surface area contributed by atoms with Crippen LogP contribution in [0.2, 0.25) is 0 Å². The van der Waals surface area contributed by atoms with Crippen LogP contribution in [0.15, 0.2) is 18.2 Å². The Morgan fingerprint density at radius 3 is 2.78 bits per heavy atom. The molecule has 0 aliphatic rings. The summed E-state index contributed by atoms with van der Waals surface area (Å²) in [5.41, 5.74) is 0.0786. The summed E-state index contributed by atoms with van der Waals surface area (Å²) in [6.45, 7) is 3.41. The Labute approximate surface area is 104 Å². The number of aromatic hydroxyl groups is 1. The first-order valence-electron chi connectivity index (χ1n) is 5.62. The van der Waals surface area contributed by atoms with Gasteiger partial charge in [-0.05, 0) is 19.4 Å². The summed E-state index contributed by atoms with van der Waals surface area (Å²) in [5, 5.41) is 20.2. The molecule has 1 N–H and O–H groups in total. The molecule has 1 unspecified atom stereocenters. The van der Waals surface area contributed by atoms with Gasteiger partial charge < -0.3 is 9.84 Å². The van der Waals surface area contributed by atoms with E-state index in [0.29, 0.717) is 6.42 Å². The molecule has 6 nitrogen and oxygen atoms in total. The highest BCUT2D eigenvalue weighted by Gasteiger charge is 2.18. The number of carbonyl (C=O) groups excluding carboxylic acids is 1. The van der Waals surface area contributed by atoms with Gasteiger partial charge in [0.1, 0.15) is 11.9 Å². The lowest BCUT2D eigenvalue weighted by atomic mass is 10.1. The number of phenols is 1. The number of nitro benzene ring substituents is 1. The number of carbonyl (C=O) groups is 1. The van der Waals surface area contributed by atoms with Gasteiger partial charge in [0.25, 0.3) is 5.69 Å². The molecule has 1 aromatic rings. The fourth-order valence-corrected chi connectivity index (χ4v) is 1.50. The molecular formula is C12H15NO5. The molecule has 0 saturated carbocycles. The summed E-state index contributed by atoms with van der Waals surface area (Å²) in [6, 6.07) is 3.62. The highest BCUT2D eigenvalue weighted by atomic mass is 16.6. The van der Waals surface area contributed by atoms with Crippen molar-refractivity contribution in [1.82, 2.24) is 0 Å². The number of hydrogen-bond donors (Lipinski definition) is 1. The van der Waals surface area contributed by atoms with E-state index in [1.165, 1.54) is 18.2 Å². The summed E-state index contributed by atoms with van der Waals surface area (Å²) in [5.74, 6) is -0.520. The van der Waals surface area contributed by atoms with Crippen LogP contribution in [0, 0.1) is 10.1 Å². The second kappa shape index (κ2) is 6.00. The molecule has 1 atom stereocenters. The third-order valence-corrected chi connectivity index (χ3v) is 2.42. The number of rotatable bonds is 5. The number of phenolic OH excluding ortho intramolecular Hbond substituents is 1. The lowest BCUT2D eigenvalue weighted by molar-refractivity contribution is -0.385. The summed E-state index contributed by atoms with van der Waals surface area (Å²) in [6.07, 6.45) is 0.218. The molecule has 0 aliphatic heterocycles. The van der Waals surface area contributed by atoms with Crippen LogP contribution in [-0.4, -0.2) is 16.0 Å². The Morgan fingerprint density at radius 2 is 2.22 bits per heavy atom. The number of esters is 1. The van der Waals surface area contributed by atoms with Crippen molar-refractivity contribution in [2.75, 3.05) is 0 Å². The first-order valence-corrected chi connectivity index (χ1v) is 5.62. The highest BCUT2D eigenvalue weighted by molar-refractivity contribution is 5.69. The zero-order valence-electron chi connectivity index (χ0n) is 10.3. The first kappa shape index (κ1) is 14.0. The van der Waals surface area contributed by atoms with Gasteiger partial charge in [-0.2, -0.15) is 0 Å². The largest absolute Gasteiger partial charge is 0.508 e. The van der Waals surface area contributed by atoms with Gasteiger partial charge in [-0.1, -0.05) is 6.92 Å². The fraction of sp³-hybridized carbons (Fsp3) is 0.417. The van der Waals surface area contributed by atoms with E-state index in [4.69, 9.17) is 4.74 Å². The molecule has 0 fully saturated rings. The summed E-state index contributed by atoms with van der Waals surface area (Å²) in [7, 11) is 0. The van der Waals surface area contributed by atoms with Gasteiger partial charge in [0.15, 0.2) is 0 Å². The minimum atomic E-state index is -0.719. The van der Waals surface area contributed by atoms with Crippen LogP contribution < -0.4 is 0 Å². The number of nitrogens with zero attached hydrogens (tertiary/aromatic N) is 1. The van der Waals surface area contributed by atoms with E-state index in [0.717, 1.165) is 0 Å². The minimum Gasteiger partial charge on any atom is -0.508 e. The van der Waals surface area contributed by atoms with Crippen molar-refractivity contribution in [2.45, 2.75) is 32.8 Å². The normalized spacial score (nSPS) is 11.9. The van der Waals surface area contributed by atoms with E-state index in [-0.39, 0.29) is 23.4 Å². The first-order chi connectivity index (χ1) is 8.45. The maximum atomic E-state index is 11.3. The Kier molecular flexibility index (Phi) is 4.65. The molecule has 98 valence electrons. The SMILES string of the molecule is CCCC(=O)OC(C)c1cc([N+](=O)[O-])ccc1O. The van der Waals surface area contributed by atoms with Crippen LogP contribution >= 0.6 is 0 Å². The Morgan fingerprint density at radius 1 is 1.56 bits per heavy atom. The fourth-order valence-electron chi connectivity index (χ4n) is 1.50. The lowest BCUT2D eigenvalue weighted by Crippen LogP contribution is -2.08. The molecule has 0 saturated heterocycles. The molecule has 0 spiro atoms. The monoisotopic (exact) mass is 253 g/mol. The van der Waals surface area contributed by atoms with Crippen molar-refractivity contribution < 1.29 is 19.6 Å². The van der Waals surface area contributed by atoms with Crippen molar-refractivity contribution in [3.8, 4) is 5.75 Å².